The van der Waals surface area contributed by atoms with Gasteiger partial charge in [0.05, 0.1) is 13.2 Å². The molecule has 3 aliphatic rings. The molecule has 5 heteroatoms. The van der Waals surface area contributed by atoms with E-state index in [1.807, 2.05) is 14.2 Å². The summed E-state index contributed by atoms with van der Waals surface area (Å²) in [6, 6.07) is 1.28. The summed E-state index contributed by atoms with van der Waals surface area (Å²) < 4.78 is 16.9. The van der Waals surface area contributed by atoms with Crippen molar-refractivity contribution in [3.05, 3.63) is 0 Å². The second-order valence-electron chi connectivity index (χ2n) is 7.62. The predicted molar refractivity (Wildman–Crippen MR) is 96.9 cm³/mol. The molecule has 3 rings (SSSR count). The summed E-state index contributed by atoms with van der Waals surface area (Å²) in [5.74, 6) is 0.883. The van der Waals surface area contributed by atoms with Crippen LogP contribution >= 0.6 is 8.22 Å². The van der Waals surface area contributed by atoms with Gasteiger partial charge in [0.25, 0.3) is 0 Å². The lowest BCUT2D eigenvalue weighted by Crippen LogP contribution is -2.41. The zero-order chi connectivity index (χ0) is 16.2. The first-order chi connectivity index (χ1) is 11.3. The van der Waals surface area contributed by atoms with Crippen LogP contribution in [-0.2, 0) is 9.47 Å². The lowest BCUT2D eigenvalue weighted by Gasteiger charge is -2.45. The molecule has 4 nitrogen and oxygen atoms in total. The van der Waals surface area contributed by atoms with Crippen LogP contribution in [0.3, 0.4) is 0 Å². The van der Waals surface area contributed by atoms with E-state index in [4.69, 9.17) is 9.47 Å². The molecule has 0 aromatic heterocycles. The Morgan fingerprint density at radius 3 is 1.83 bits per heavy atom. The standard InChI is InChI=1S/C18H35N2O2P/c1-15-7-4-10-18(15)23(19-11-5-8-16(19)13-21-2)20-12-6-9-17(20)14-22-3/h15-18H,4-14H2,1-3H3/t15?,16-,17-,18?/m1/s1. The van der Waals surface area contributed by atoms with Crippen molar-refractivity contribution >= 4 is 8.22 Å². The van der Waals surface area contributed by atoms with E-state index in [0.717, 1.165) is 24.8 Å². The lowest BCUT2D eigenvalue weighted by molar-refractivity contribution is 0.136. The van der Waals surface area contributed by atoms with Crippen molar-refractivity contribution in [2.24, 2.45) is 5.92 Å². The topological polar surface area (TPSA) is 24.9 Å². The van der Waals surface area contributed by atoms with Crippen molar-refractivity contribution in [1.82, 2.24) is 9.34 Å². The Bertz CT molecular complexity index is 347. The third-order valence-electron chi connectivity index (χ3n) is 6.05. The molecule has 3 fully saturated rings. The van der Waals surface area contributed by atoms with Crippen molar-refractivity contribution in [2.75, 3.05) is 40.5 Å². The number of methoxy groups -OCH3 is 2. The van der Waals surface area contributed by atoms with E-state index in [9.17, 15) is 0 Å². The molecule has 0 aromatic rings. The van der Waals surface area contributed by atoms with Crippen molar-refractivity contribution in [2.45, 2.75) is 69.6 Å². The van der Waals surface area contributed by atoms with E-state index in [2.05, 4.69) is 16.3 Å². The van der Waals surface area contributed by atoms with Gasteiger partial charge in [-0.3, -0.25) is 9.34 Å². The molecule has 2 aliphatic heterocycles. The average Bonchev–Trinajstić information content (AvgIpc) is 3.26. The molecule has 2 heterocycles. The number of rotatable bonds is 7. The van der Waals surface area contributed by atoms with Gasteiger partial charge in [-0.2, -0.15) is 0 Å². The fourth-order valence-corrected chi connectivity index (χ4v) is 8.70. The van der Waals surface area contributed by atoms with Crippen LogP contribution in [0.15, 0.2) is 0 Å². The maximum absolute atomic E-state index is 5.56. The molecule has 2 unspecified atom stereocenters. The van der Waals surface area contributed by atoms with E-state index in [1.54, 1.807) is 0 Å². The smallest absolute Gasteiger partial charge is 0.0621 e. The fraction of sp³-hybridized carbons (Fsp3) is 1.00. The molecule has 0 aromatic carbocycles. The quantitative estimate of drug-likeness (QED) is 0.659. The van der Waals surface area contributed by atoms with Crippen LogP contribution in [0.2, 0.25) is 0 Å². The Kier molecular flexibility index (Phi) is 6.74. The van der Waals surface area contributed by atoms with Crippen molar-refractivity contribution in [3.8, 4) is 0 Å². The van der Waals surface area contributed by atoms with Gasteiger partial charge in [0.1, 0.15) is 0 Å². The summed E-state index contributed by atoms with van der Waals surface area (Å²) >= 11 is 0. The first kappa shape index (κ1) is 18.1. The second-order valence-corrected chi connectivity index (χ2v) is 9.96. The summed E-state index contributed by atoms with van der Waals surface area (Å²) in [5.41, 5.74) is 0.889. The van der Waals surface area contributed by atoms with Gasteiger partial charge >= 0.3 is 0 Å². The van der Waals surface area contributed by atoms with Gasteiger partial charge in [-0.1, -0.05) is 13.3 Å². The van der Waals surface area contributed by atoms with Crippen molar-refractivity contribution in [1.29, 1.82) is 0 Å². The molecule has 0 radical (unpaired) electrons. The van der Waals surface area contributed by atoms with E-state index >= 15 is 0 Å². The molecule has 1 aliphatic carbocycles. The summed E-state index contributed by atoms with van der Waals surface area (Å²) in [4.78, 5) is 0. The molecular weight excluding hydrogens is 307 g/mol. The molecule has 0 bridgehead atoms. The Morgan fingerprint density at radius 1 is 0.826 bits per heavy atom. The molecule has 134 valence electrons. The van der Waals surface area contributed by atoms with Crippen LogP contribution in [0, 0.1) is 5.92 Å². The predicted octanol–water partition coefficient (Wildman–Crippen LogP) is 3.71. The van der Waals surface area contributed by atoms with Crippen LogP contribution in [-0.4, -0.2) is 67.6 Å². The molecule has 0 N–H and O–H groups in total. The summed E-state index contributed by atoms with van der Waals surface area (Å²) in [6.45, 7) is 6.86. The number of nitrogens with zero attached hydrogens (tertiary/aromatic N) is 2. The Labute approximate surface area is 143 Å². The first-order valence-corrected chi connectivity index (χ1v) is 10.9. The van der Waals surface area contributed by atoms with E-state index in [0.29, 0.717) is 12.1 Å². The summed E-state index contributed by atoms with van der Waals surface area (Å²) in [5, 5.41) is 0. The fourth-order valence-electron chi connectivity index (χ4n) is 4.90. The Balaban J connectivity index is 1.81. The zero-order valence-electron chi connectivity index (χ0n) is 15.2. The largest absolute Gasteiger partial charge is 0.383 e. The highest BCUT2D eigenvalue weighted by Crippen LogP contribution is 2.60. The van der Waals surface area contributed by atoms with Gasteiger partial charge in [-0.15, -0.1) is 0 Å². The molecule has 4 atom stereocenters. The Morgan fingerprint density at radius 2 is 1.39 bits per heavy atom. The third-order valence-corrected chi connectivity index (χ3v) is 9.52. The maximum Gasteiger partial charge on any atom is 0.0621 e. The molecule has 1 saturated carbocycles. The van der Waals surface area contributed by atoms with Gasteiger partial charge in [0.15, 0.2) is 0 Å². The third kappa shape index (κ3) is 3.93. The lowest BCUT2D eigenvalue weighted by atomic mass is 10.1. The van der Waals surface area contributed by atoms with Gasteiger partial charge in [0.2, 0.25) is 0 Å². The van der Waals surface area contributed by atoms with Crippen LogP contribution in [0.25, 0.3) is 0 Å². The number of ether oxygens (including phenoxy) is 2. The monoisotopic (exact) mass is 342 g/mol. The molecular formula is C18H35N2O2P. The first-order valence-electron chi connectivity index (χ1n) is 9.56. The molecule has 0 spiro atoms. The van der Waals surface area contributed by atoms with E-state index < -0.39 is 0 Å². The molecule has 2 saturated heterocycles. The summed E-state index contributed by atoms with van der Waals surface area (Å²) in [7, 11) is 3.52. The molecule has 23 heavy (non-hydrogen) atoms. The Hall–Kier alpha value is 0.270. The highest BCUT2D eigenvalue weighted by Gasteiger charge is 2.45. The normalized spacial score (nSPS) is 36.5. The highest BCUT2D eigenvalue weighted by molar-refractivity contribution is 7.53. The number of hydrogen-bond donors (Lipinski definition) is 0. The van der Waals surface area contributed by atoms with Crippen molar-refractivity contribution < 1.29 is 9.47 Å². The van der Waals surface area contributed by atoms with E-state index in [1.165, 1.54) is 58.0 Å². The summed E-state index contributed by atoms with van der Waals surface area (Å²) in [6.07, 6.45) is 9.60. The van der Waals surface area contributed by atoms with Crippen LogP contribution in [0.4, 0.5) is 0 Å². The van der Waals surface area contributed by atoms with E-state index in [-0.39, 0.29) is 8.22 Å². The van der Waals surface area contributed by atoms with Gasteiger partial charge in [-0.25, -0.2) is 0 Å². The van der Waals surface area contributed by atoms with Gasteiger partial charge < -0.3 is 9.47 Å². The number of hydrogen-bond acceptors (Lipinski definition) is 4. The van der Waals surface area contributed by atoms with Crippen molar-refractivity contribution in [3.63, 3.8) is 0 Å². The van der Waals surface area contributed by atoms with Gasteiger partial charge in [-0.05, 0) is 44.4 Å². The minimum absolute atomic E-state index is 0.198. The zero-order valence-corrected chi connectivity index (χ0v) is 16.1. The minimum Gasteiger partial charge on any atom is -0.383 e. The second kappa shape index (κ2) is 8.58. The SMILES string of the molecule is COC[C@H]1CCCN1P(C1CCCC1C)N1CCC[C@@H]1COC. The van der Waals surface area contributed by atoms with Gasteiger partial charge in [0, 0.05) is 53.3 Å². The maximum atomic E-state index is 5.56. The van der Waals surface area contributed by atoms with Crippen LogP contribution in [0.5, 0.6) is 0 Å². The minimum atomic E-state index is -0.198. The van der Waals surface area contributed by atoms with Crippen LogP contribution < -0.4 is 0 Å². The highest BCUT2D eigenvalue weighted by atomic mass is 31.1. The average molecular weight is 342 g/mol. The molecule has 0 amide bonds. The van der Waals surface area contributed by atoms with Crippen LogP contribution in [0.1, 0.15) is 51.9 Å².